The van der Waals surface area contributed by atoms with Crippen molar-refractivity contribution in [1.29, 1.82) is 0 Å². The van der Waals surface area contributed by atoms with Crippen LogP contribution in [0.3, 0.4) is 0 Å². The molecule has 0 atom stereocenters. The Morgan fingerprint density at radius 1 is 1.35 bits per heavy atom. The molecule has 0 aromatic carbocycles. The van der Waals surface area contributed by atoms with Crippen LogP contribution in [0.15, 0.2) is 5.38 Å². The fraction of sp³-hybridized carbons (Fsp3) is 0.769. The van der Waals surface area contributed by atoms with Gasteiger partial charge in [0, 0.05) is 25.0 Å². The van der Waals surface area contributed by atoms with Crippen molar-refractivity contribution in [3.05, 3.63) is 16.1 Å². The van der Waals surface area contributed by atoms with Gasteiger partial charge in [-0.2, -0.15) is 0 Å². The van der Waals surface area contributed by atoms with Crippen LogP contribution >= 0.6 is 11.3 Å². The second kappa shape index (κ2) is 8.61. The standard InChI is InChI=1S/C13H25N3S/c1-4-5-6-7-14-8-9-16(3)10-13-11-17-12(2)15-13/h11,14H,4-10H2,1-3H3. The SMILES string of the molecule is CCCCCNCCN(C)Cc1csc(C)n1. The van der Waals surface area contributed by atoms with Crippen LogP contribution in [0.1, 0.15) is 36.9 Å². The third-order valence-corrected chi connectivity index (χ3v) is 3.55. The quantitative estimate of drug-likeness (QED) is 0.688. The minimum Gasteiger partial charge on any atom is -0.315 e. The van der Waals surface area contributed by atoms with Crippen LogP contribution in [0, 0.1) is 6.92 Å². The van der Waals surface area contributed by atoms with Crippen molar-refractivity contribution in [2.24, 2.45) is 0 Å². The number of aromatic nitrogens is 1. The second-order valence-electron chi connectivity index (χ2n) is 4.55. The van der Waals surface area contributed by atoms with Crippen LogP contribution in [0.4, 0.5) is 0 Å². The molecule has 98 valence electrons. The first-order valence-electron chi connectivity index (χ1n) is 6.52. The van der Waals surface area contributed by atoms with Crippen molar-refractivity contribution in [1.82, 2.24) is 15.2 Å². The van der Waals surface area contributed by atoms with Gasteiger partial charge in [-0.15, -0.1) is 11.3 Å². The lowest BCUT2D eigenvalue weighted by molar-refractivity contribution is 0.321. The van der Waals surface area contributed by atoms with Gasteiger partial charge < -0.3 is 5.32 Å². The largest absolute Gasteiger partial charge is 0.315 e. The molecule has 0 saturated carbocycles. The third kappa shape index (κ3) is 6.76. The van der Waals surface area contributed by atoms with Crippen molar-refractivity contribution >= 4 is 11.3 Å². The van der Waals surface area contributed by atoms with E-state index in [1.54, 1.807) is 11.3 Å². The minimum atomic E-state index is 0.959. The highest BCUT2D eigenvalue weighted by Gasteiger charge is 2.02. The van der Waals surface area contributed by atoms with Gasteiger partial charge in [0.15, 0.2) is 0 Å². The Balaban J connectivity index is 2.03. The summed E-state index contributed by atoms with van der Waals surface area (Å²) in [6, 6.07) is 0. The molecule has 0 aliphatic rings. The average Bonchev–Trinajstić information content (AvgIpc) is 2.69. The van der Waals surface area contributed by atoms with Crippen LogP contribution in [-0.4, -0.2) is 36.6 Å². The number of nitrogens with one attached hydrogen (secondary N) is 1. The van der Waals surface area contributed by atoms with E-state index in [2.05, 4.69) is 41.5 Å². The smallest absolute Gasteiger partial charge is 0.0897 e. The van der Waals surface area contributed by atoms with Gasteiger partial charge in [-0.05, 0) is 26.9 Å². The zero-order valence-corrected chi connectivity index (χ0v) is 12.1. The Hall–Kier alpha value is -0.450. The van der Waals surface area contributed by atoms with E-state index in [-0.39, 0.29) is 0 Å². The van der Waals surface area contributed by atoms with Gasteiger partial charge >= 0.3 is 0 Å². The van der Waals surface area contributed by atoms with E-state index in [0.29, 0.717) is 0 Å². The molecule has 0 aliphatic carbocycles. The molecule has 0 radical (unpaired) electrons. The van der Waals surface area contributed by atoms with Crippen LogP contribution in [-0.2, 0) is 6.54 Å². The maximum atomic E-state index is 4.48. The fourth-order valence-corrected chi connectivity index (χ4v) is 2.34. The van der Waals surface area contributed by atoms with Gasteiger partial charge in [0.1, 0.15) is 0 Å². The van der Waals surface area contributed by atoms with E-state index in [0.717, 1.165) is 31.2 Å². The predicted molar refractivity (Wildman–Crippen MR) is 75.6 cm³/mol. The van der Waals surface area contributed by atoms with E-state index in [4.69, 9.17) is 0 Å². The van der Waals surface area contributed by atoms with Crippen molar-refractivity contribution in [2.75, 3.05) is 26.7 Å². The van der Waals surface area contributed by atoms with E-state index in [9.17, 15) is 0 Å². The molecule has 0 amide bonds. The Morgan fingerprint density at radius 3 is 2.82 bits per heavy atom. The van der Waals surface area contributed by atoms with Crippen LogP contribution < -0.4 is 5.32 Å². The molecule has 1 N–H and O–H groups in total. The van der Waals surface area contributed by atoms with Crippen molar-refractivity contribution in [3.63, 3.8) is 0 Å². The normalized spacial score (nSPS) is 11.3. The summed E-state index contributed by atoms with van der Waals surface area (Å²) in [5.74, 6) is 0. The number of unbranched alkanes of at least 4 members (excludes halogenated alkanes) is 2. The van der Waals surface area contributed by atoms with Gasteiger partial charge in [0.05, 0.1) is 10.7 Å². The molecule has 1 aromatic heterocycles. The molecule has 1 aromatic rings. The molecular formula is C13H25N3S. The summed E-state index contributed by atoms with van der Waals surface area (Å²) < 4.78 is 0. The second-order valence-corrected chi connectivity index (χ2v) is 5.61. The molecule has 3 nitrogen and oxygen atoms in total. The molecule has 0 spiro atoms. The van der Waals surface area contributed by atoms with Gasteiger partial charge in [-0.1, -0.05) is 19.8 Å². The van der Waals surface area contributed by atoms with Crippen LogP contribution in [0.2, 0.25) is 0 Å². The van der Waals surface area contributed by atoms with E-state index < -0.39 is 0 Å². The van der Waals surface area contributed by atoms with E-state index >= 15 is 0 Å². The number of thiazole rings is 1. The first-order chi connectivity index (χ1) is 8.22. The first kappa shape index (κ1) is 14.6. The number of likely N-dealkylation sites (N-methyl/N-ethyl adjacent to an activating group) is 1. The third-order valence-electron chi connectivity index (χ3n) is 2.73. The predicted octanol–water partition coefficient (Wildman–Crippen LogP) is 2.66. The molecule has 1 rings (SSSR count). The summed E-state index contributed by atoms with van der Waals surface area (Å²) in [7, 11) is 2.16. The van der Waals surface area contributed by atoms with Gasteiger partial charge in [0.25, 0.3) is 0 Å². The van der Waals surface area contributed by atoms with Gasteiger partial charge in [-0.3, -0.25) is 4.90 Å². The molecule has 1 heterocycles. The summed E-state index contributed by atoms with van der Waals surface area (Å²) in [6.45, 7) is 8.57. The summed E-state index contributed by atoms with van der Waals surface area (Å²) in [6.07, 6.45) is 3.93. The van der Waals surface area contributed by atoms with Crippen molar-refractivity contribution in [2.45, 2.75) is 39.7 Å². The minimum absolute atomic E-state index is 0.959. The van der Waals surface area contributed by atoms with E-state index in [1.165, 1.54) is 25.0 Å². The molecule has 0 bridgehead atoms. The summed E-state index contributed by atoms with van der Waals surface area (Å²) in [5.41, 5.74) is 1.20. The topological polar surface area (TPSA) is 28.2 Å². The first-order valence-corrected chi connectivity index (χ1v) is 7.40. The average molecular weight is 255 g/mol. The fourth-order valence-electron chi connectivity index (χ4n) is 1.73. The lowest BCUT2D eigenvalue weighted by atomic mass is 10.2. The number of rotatable bonds is 9. The number of nitrogens with zero attached hydrogens (tertiary/aromatic N) is 2. The Morgan fingerprint density at radius 2 is 2.18 bits per heavy atom. The van der Waals surface area contributed by atoms with Gasteiger partial charge in [-0.25, -0.2) is 4.98 Å². The highest BCUT2D eigenvalue weighted by atomic mass is 32.1. The van der Waals surface area contributed by atoms with Crippen LogP contribution in [0.5, 0.6) is 0 Å². The Labute approximate surface area is 109 Å². The van der Waals surface area contributed by atoms with Gasteiger partial charge in [0.2, 0.25) is 0 Å². The molecule has 0 aliphatic heterocycles. The number of hydrogen-bond acceptors (Lipinski definition) is 4. The zero-order valence-electron chi connectivity index (χ0n) is 11.3. The zero-order chi connectivity index (χ0) is 12.5. The number of aryl methyl sites for hydroxylation is 1. The van der Waals surface area contributed by atoms with E-state index in [1.807, 2.05) is 0 Å². The van der Waals surface area contributed by atoms with Crippen LogP contribution in [0.25, 0.3) is 0 Å². The molecule has 0 saturated heterocycles. The monoisotopic (exact) mass is 255 g/mol. The maximum Gasteiger partial charge on any atom is 0.0897 e. The highest BCUT2D eigenvalue weighted by Crippen LogP contribution is 2.09. The highest BCUT2D eigenvalue weighted by molar-refractivity contribution is 7.09. The molecular weight excluding hydrogens is 230 g/mol. The Kier molecular flexibility index (Phi) is 7.40. The Bertz CT molecular complexity index is 299. The summed E-state index contributed by atoms with van der Waals surface area (Å²) >= 11 is 1.73. The summed E-state index contributed by atoms with van der Waals surface area (Å²) in [5, 5.41) is 6.79. The molecule has 4 heteroatoms. The van der Waals surface area contributed by atoms with Crippen molar-refractivity contribution in [3.8, 4) is 0 Å². The van der Waals surface area contributed by atoms with Crippen molar-refractivity contribution < 1.29 is 0 Å². The summed E-state index contributed by atoms with van der Waals surface area (Å²) in [4.78, 5) is 6.80. The number of hydrogen-bond donors (Lipinski definition) is 1. The molecule has 17 heavy (non-hydrogen) atoms. The lowest BCUT2D eigenvalue weighted by Crippen LogP contribution is -2.29. The molecule has 0 unspecified atom stereocenters. The lowest BCUT2D eigenvalue weighted by Gasteiger charge is -2.15. The maximum absolute atomic E-state index is 4.48. The molecule has 0 fully saturated rings.